The Kier molecular flexibility index (Phi) is 3.11. The van der Waals surface area contributed by atoms with Crippen LogP contribution >= 0.6 is 0 Å². The maximum atomic E-state index is 11.2. The summed E-state index contributed by atoms with van der Waals surface area (Å²) in [5.41, 5.74) is 0. The summed E-state index contributed by atoms with van der Waals surface area (Å²) in [5.74, 6) is -1.25. The van der Waals surface area contributed by atoms with Crippen LogP contribution in [-0.2, 0) is 4.79 Å². The van der Waals surface area contributed by atoms with Gasteiger partial charge in [-0.05, 0) is 0 Å². The fraction of sp³-hybridized carbons (Fsp3) is 0.750. The van der Waals surface area contributed by atoms with Gasteiger partial charge in [0, 0.05) is 0 Å². The molecule has 0 aromatic heterocycles. The first-order valence-corrected chi connectivity index (χ1v) is 2.35. The Hall–Kier alpha value is -0.810. The van der Waals surface area contributed by atoms with Gasteiger partial charge in [-0.1, -0.05) is 0 Å². The predicted octanol–water partition coefficient (Wildman–Crippen LogP) is 0.634. The van der Waals surface area contributed by atoms with Gasteiger partial charge >= 0.3 is 6.18 Å². The zero-order chi connectivity index (χ0) is 8.20. The lowest BCUT2D eigenvalue weighted by molar-refractivity contribution is -0.138. The summed E-state index contributed by atoms with van der Waals surface area (Å²) in [4.78, 5) is 9.87. The minimum Gasteiger partial charge on any atom is -0.345 e. The van der Waals surface area contributed by atoms with Crippen molar-refractivity contribution in [3.8, 4) is 0 Å². The number of carbonyl (C=O) groups excluding carboxylic acids is 1. The van der Waals surface area contributed by atoms with E-state index in [1.54, 1.807) is 0 Å². The van der Waals surface area contributed by atoms with Crippen LogP contribution in [0, 0.1) is 0 Å². The Labute approximate surface area is 54.2 Å². The molecule has 0 saturated carbocycles. The second-order valence-corrected chi connectivity index (χ2v) is 1.53. The molecule has 0 aliphatic carbocycles. The van der Waals surface area contributed by atoms with E-state index in [9.17, 15) is 22.4 Å². The maximum Gasteiger partial charge on any atom is 0.405 e. The highest BCUT2D eigenvalue weighted by atomic mass is 19.4. The highest BCUT2D eigenvalue weighted by Gasteiger charge is 2.27. The highest BCUT2D eigenvalue weighted by Crippen LogP contribution is 2.11. The van der Waals surface area contributed by atoms with E-state index in [1.165, 1.54) is 5.32 Å². The lowest BCUT2D eigenvalue weighted by Gasteiger charge is -2.05. The van der Waals surface area contributed by atoms with Gasteiger partial charge in [-0.15, -0.1) is 0 Å². The third-order valence-electron chi connectivity index (χ3n) is 0.607. The number of amides is 1. The zero-order valence-electron chi connectivity index (χ0n) is 4.83. The van der Waals surface area contributed by atoms with E-state index in [1.807, 2.05) is 0 Å². The molecule has 0 bridgehead atoms. The molecule has 2 nitrogen and oxygen atoms in total. The van der Waals surface area contributed by atoms with Crippen molar-refractivity contribution in [1.29, 1.82) is 0 Å². The van der Waals surface area contributed by atoms with Crippen molar-refractivity contribution in [1.82, 2.24) is 5.32 Å². The molecule has 6 heteroatoms. The quantitative estimate of drug-likeness (QED) is 0.588. The van der Waals surface area contributed by atoms with Gasteiger partial charge in [-0.25, -0.2) is 4.39 Å². The minimum atomic E-state index is -4.47. The number of carbonyl (C=O) groups is 1. The van der Waals surface area contributed by atoms with Crippen molar-refractivity contribution in [2.45, 2.75) is 6.18 Å². The monoisotopic (exact) mass is 159 g/mol. The topological polar surface area (TPSA) is 29.1 Å². The molecular formula is C4H5F4NO. The normalized spacial score (nSPS) is 11.2. The molecule has 0 atom stereocenters. The van der Waals surface area contributed by atoms with Crippen LogP contribution in [0.25, 0.3) is 0 Å². The Morgan fingerprint density at radius 3 is 2.20 bits per heavy atom. The molecule has 0 saturated heterocycles. The number of hydrogen-bond acceptors (Lipinski definition) is 1. The van der Waals surface area contributed by atoms with Crippen molar-refractivity contribution in [3.05, 3.63) is 0 Å². The molecule has 0 heterocycles. The second-order valence-electron chi connectivity index (χ2n) is 1.53. The third kappa shape index (κ3) is 5.33. The lowest BCUT2D eigenvalue weighted by atomic mass is 10.6. The third-order valence-corrected chi connectivity index (χ3v) is 0.607. The van der Waals surface area contributed by atoms with Crippen LogP contribution in [-0.4, -0.2) is 25.3 Å². The van der Waals surface area contributed by atoms with E-state index in [0.29, 0.717) is 0 Å². The van der Waals surface area contributed by atoms with Crippen LogP contribution in [0.2, 0.25) is 0 Å². The minimum absolute atomic E-state index is 1.25. The summed E-state index contributed by atoms with van der Waals surface area (Å²) in [6, 6.07) is 0. The maximum absolute atomic E-state index is 11.2. The summed E-state index contributed by atoms with van der Waals surface area (Å²) in [6.07, 6.45) is -4.47. The molecule has 10 heavy (non-hydrogen) atoms. The zero-order valence-corrected chi connectivity index (χ0v) is 4.83. The van der Waals surface area contributed by atoms with Gasteiger partial charge in [-0.2, -0.15) is 13.2 Å². The molecule has 0 aromatic rings. The Bertz CT molecular complexity index is 121. The van der Waals surface area contributed by atoms with E-state index in [-0.39, 0.29) is 0 Å². The molecule has 0 aliphatic rings. The fourth-order valence-corrected chi connectivity index (χ4v) is 0.246. The second kappa shape index (κ2) is 3.38. The molecule has 60 valence electrons. The SMILES string of the molecule is O=C(CF)NCC(F)(F)F. The van der Waals surface area contributed by atoms with E-state index in [2.05, 4.69) is 0 Å². The van der Waals surface area contributed by atoms with Crippen molar-refractivity contribution >= 4 is 5.91 Å². The van der Waals surface area contributed by atoms with Gasteiger partial charge in [0.25, 0.3) is 5.91 Å². The van der Waals surface area contributed by atoms with Crippen LogP contribution in [0.3, 0.4) is 0 Å². The molecular weight excluding hydrogens is 154 g/mol. The fourth-order valence-electron chi connectivity index (χ4n) is 0.246. The largest absolute Gasteiger partial charge is 0.405 e. The first kappa shape index (κ1) is 9.19. The molecule has 0 spiro atoms. The standard InChI is InChI=1S/C4H5F4NO/c5-1-3(10)9-2-4(6,7)8/h1-2H2,(H,9,10). The number of rotatable bonds is 2. The van der Waals surface area contributed by atoms with Crippen molar-refractivity contribution in [2.24, 2.45) is 0 Å². The smallest absolute Gasteiger partial charge is 0.345 e. The summed E-state index contributed by atoms with van der Waals surface area (Å²) in [7, 11) is 0. The van der Waals surface area contributed by atoms with Crippen LogP contribution < -0.4 is 5.32 Å². The molecule has 1 amide bonds. The van der Waals surface area contributed by atoms with Gasteiger partial charge in [0.05, 0.1) is 0 Å². The van der Waals surface area contributed by atoms with Crippen molar-refractivity contribution < 1.29 is 22.4 Å². The van der Waals surface area contributed by atoms with Gasteiger partial charge in [0.2, 0.25) is 0 Å². The van der Waals surface area contributed by atoms with Crippen molar-refractivity contribution in [2.75, 3.05) is 13.2 Å². The van der Waals surface area contributed by atoms with E-state index in [4.69, 9.17) is 0 Å². The number of hydrogen-bond donors (Lipinski definition) is 1. The summed E-state index contributed by atoms with van der Waals surface area (Å²) >= 11 is 0. The molecule has 0 radical (unpaired) electrons. The average molecular weight is 159 g/mol. The van der Waals surface area contributed by atoms with Gasteiger partial charge in [0.1, 0.15) is 6.54 Å². The molecule has 0 fully saturated rings. The first-order chi connectivity index (χ1) is 4.45. The summed E-state index contributed by atoms with van der Waals surface area (Å²) in [5, 5.41) is 1.33. The highest BCUT2D eigenvalue weighted by molar-refractivity contribution is 5.76. The number of nitrogens with one attached hydrogen (secondary N) is 1. The van der Waals surface area contributed by atoms with Gasteiger partial charge in [0.15, 0.2) is 6.67 Å². The summed E-state index contributed by atoms with van der Waals surface area (Å²) in [6.45, 7) is -2.90. The van der Waals surface area contributed by atoms with E-state index in [0.717, 1.165) is 0 Å². The Balaban J connectivity index is 3.46. The Morgan fingerprint density at radius 2 is 1.90 bits per heavy atom. The molecule has 0 aliphatic heterocycles. The molecule has 0 aromatic carbocycles. The molecule has 1 N–H and O–H groups in total. The van der Waals surface area contributed by atoms with Crippen LogP contribution in [0.15, 0.2) is 0 Å². The van der Waals surface area contributed by atoms with Crippen molar-refractivity contribution in [3.63, 3.8) is 0 Å². The van der Waals surface area contributed by atoms with E-state index >= 15 is 0 Å². The number of alkyl halides is 4. The van der Waals surface area contributed by atoms with Gasteiger partial charge in [-0.3, -0.25) is 4.79 Å². The Morgan fingerprint density at radius 1 is 1.40 bits per heavy atom. The number of halogens is 4. The van der Waals surface area contributed by atoms with Gasteiger partial charge < -0.3 is 5.32 Å². The van der Waals surface area contributed by atoms with Crippen LogP contribution in [0.4, 0.5) is 17.6 Å². The van der Waals surface area contributed by atoms with Crippen LogP contribution in [0.5, 0.6) is 0 Å². The molecule has 0 unspecified atom stereocenters. The molecule has 0 rings (SSSR count). The average Bonchev–Trinajstić information content (AvgIpc) is 1.81. The predicted molar refractivity (Wildman–Crippen MR) is 25.0 cm³/mol. The lowest BCUT2D eigenvalue weighted by Crippen LogP contribution is -2.34. The van der Waals surface area contributed by atoms with Crippen LogP contribution in [0.1, 0.15) is 0 Å². The first-order valence-electron chi connectivity index (χ1n) is 2.35. The summed E-state index contributed by atoms with van der Waals surface area (Å²) < 4.78 is 44.8. The van der Waals surface area contributed by atoms with E-state index < -0.39 is 25.3 Å².